The third kappa shape index (κ3) is 2.91. The van der Waals surface area contributed by atoms with Gasteiger partial charge in [0.15, 0.2) is 5.78 Å². The minimum absolute atomic E-state index is 0.107. The Labute approximate surface area is 140 Å². The lowest BCUT2D eigenvalue weighted by Crippen LogP contribution is -2.23. The van der Waals surface area contributed by atoms with E-state index in [1.807, 2.05) is 0 Å². The van der Waals surface area contributed by atoms with E-state index < -0.39 is 6.04 Å². The Kier molecular flexibility index (Phi) is 4.27. The summed E-state index contributed by atoms with van der Waals surface area (Å²) in [4.78, 5) is 16.6. The van der Waals surface area contributed by atoms with Crippen LogP contribution in [0.3, 0.4) is 0 Å². The number of hydrogen-bond donors (Lipinski definition) is 1. The monoisotopic (exact) mass is 380 g/mol. The molecule has 1 heterocycles. The van der Waals surface area contributed by atoms with Crippen molar-refractivity contribution < 1.29 is 9.18 Å². The van der Waals surface area contributed by atoms with Gasteiger partial charge in [0.1, 0.15) is 11.9 Å². The summed E-state index contributed by atoms with van der Waals surface area (Å²) in [6.45, 7) is 0.388. The number of aliphatic imine (C=N–C) groups is 1. The zero-order valence-electron chi connectivity index (χ0n) is 11.3. The summed E-state index contributed by atoms with van der Waals surface area (Å²) >= 11 is 9.46. The minimum Gasteiger partial charge on any atom is -0.370 e. The van der Waals surface area contributed by atoms with Crippen molar-refractivity contribution >= 4 is 45.2 Å². The first-order valence-electron chi connectivity index (χ1n) is 6.59. The summed E-state index contributed by atoms with van der Waals surface area (Å²) in [5.74, 6) is -0.389. The molecule has 3 nitrogen and oxygen atoms in total. The summed E-state index contributed by atoms with van der Waals surface area (Å²) in [6.07, 6.45) is 1.57. The van der Waals surface area contributed by atoms with E-state index in [4.69, 9.17) is 11.6 Å². The predicted molar refractivity (Wildman–Crippen MR) is 89.5 cm³/mol. The fraction of sp³-hybridized carbons (Fsp3) is 0.125. The lowest BCUT2D eigenvalue weighted by atomic mass is 10.1. The minimum atomic E-state index is -0.526. The van der Waals surface area contributed by atoms with Gasteiger partial charge < -0.3 is 5.32 Å². The Hall–Kier alpha value is -1.72. The van der Waals surface area contributed by atoms with E-state index in [0.717, 1.165) is 5.56 Å². The van der Waals surface area contributed by atoms with E-state index in [0.29, 0.717) is 27.3 Å². The highest BCUT2D eigenvalue weighted by Gasteiger charge is 2.31. The average molecular weight is 382 g/mol. The van der Waals surface area contributed by atoms with Crippen LogP contribution in [-0.4, -0.2) is 18.0 Å². The molecule has 1 N–H and O–H groups in total. The highest BCUT2D eigenvalue weighted by molar-refractivity contribution is 9.10. The molecular formula is C16H11BrClFN2O. The highest BCUT2D eigenvalue weighted by Crippen LogP contribution is 2.36. The van der Waals surface area contributed by atoms with Gasteiger partial charge in [0.25, 0.3) is 0 Å². The zero-order valence-corrected chi connectivity index (χ0v) is 13.7. The molecule has 22 heavy (non-hydrogen) atoms. The largest absolute Gasteiger partial charge is 0.370 e. The van der Waals surface area contributed by atoms with Crippen LogP contribution in [0.15, 0.2) is 45.9 Å². The number of benzene rings is 2. The molecule has 0 aromatic heterocycles. The second-order valence-corrected chi connectivity index (χ2v) is 6.12. The SMILES string of the molecule is O=C1c2c(ccc(Br)c2Cl)NC1C=NCc1ccc(F)cc1. The van der Waals surface area contributed by atoms with E-state index in [1.165, 1.54) is 12.1 Å². The number of carbonyl (C=O) groups is 1. The van der Waals surface area contributed by atoms with Gasteiger partial charge in [0, 0.05) is 16.4 Å². The summed E-state index contributed by atoms with van der Waals surface area (Å²) in [5, 5.41) is 3.49. The number of nitrogens with one attached hydrogen (secondary N) is 1. The molecule has 0 fully saturated rings. The third-order valence-corrected chi connectivity index (χ3v) is 4.66. The molecule has 0 saturated heterocycles. The van der Waals surface area contributed by atoms with Gasteiger partial charge in [-0.05, 0) is 45.8 Å². The summed E-state index contributed by atoms with van der Waals surface area (Å²) in [6, 6.07) is 9.17. The van der Waals surface area contributed by atoms with Crippen molar-refractivity contribution in [1.82, 2.24) is 0 Å². The predicted octanol–water partition coefficient (Wildman–Crippen LogP) is 4.49. The molecule has 2 aromatic rings. The van der Waals surface area contributed by atoms with Crippen LogP contribution in [0.5, 0.6) is 0 Å². The highest BCUT2D eigenvalue weighted by atomic mass is 79.9. The second-order valence-electron chi connectivity index (χ2n) is 4.89. The lowest BCUT2D eigenvalue weighted by Gasteiger charge is -2.03. The van der Waals surface area contributed by atoms with Crippen LogP contribution in [0.1, 0.15) is 15.9 Å². The number of rotatable bonds is 3. The first kappa shape index (κ1) is 15.2. The molecule has 0 saturated carbocycles. The molecule has 112 valence electrons. The zero-order chi connectivity index (χ0) is 15.7. The molecule has 0 bridgehead atoms. The number of fused-ring (bicyclic) bond motifs is 1. The third-order valence-electron chi connectivity index (χ3n) is 3.38. The van der Waals surface area contributed by atoms with E-state index >= 15 is 0 Å². The van der Waals surface area contributed by atoms with Gasteiger partial charge in [-0.2, -0.15) is 0 Å². The van der Waals surface area contributed by atoms with Crippen molar-refractivity contribution in [1.29, 1.82) is 0 Å². The fourth-order valence-corrected chi connectivity index (χ4v) is 2.85. The van der Waals surface area contributed by atoms with E-state index in [1.54, 1.807) is 30.5 Å². The molecule has 1 aliphatic rings. The lowest BCUT2D eigenvalue weighted by molar-refractivity contribution is 0.1000. The van der Waals surface area contributed by atoms with Gasteiger partial charge in [-0.1, -0.05) is 23.7 Å². The van der Waals surface area contributed by atoms with Crippen molar-refractivity contribution in [2.24, 2.45) is 4.99 Å². The number of carbonyl (C=O) groups excluding carboxylic acids is 1. The van der Waals surface area contributed by atoms with Crippen LogP contribution in [0, 0.1) is 5.82 Å². The summed E-state index contributed by atoms with van der Waals surface area (Å²) in [5.41, 5.74) is 2.06. The van der Waals surface area contributed by atoms with E-state index in [9.17, 15) is 9.18 Å². The number of anilines is 1. The Morgan fingerprint density at radius 1 is 1.27 bits per heavy atom. The maximum absolute atomic E-state index is 12.8. The summed E-state index contributed by atoms with van der Waals surface area (Å²) < 4.78 is 13.5. The van der Waals surface area contributed by atoms with Crippen molar-refractivity contribution in [3.8, 4) is 0 Å². The van der Waals surface area contributed by atoms with Crippen molar-refractivity contribution in [3.05, 3.63) is 62.8 Å². The summed E-state index contributed by atoms with van der Waals surface area (Å²) in [7, 11) is 0. The van der Waals surface area contributed by atoms with Gasteiger partial charge in [-0.3, -0.25) is 9.79 Å². The molecule has 6 heteroatoms. The molecular weight excluding hydrogens is 371 g/mol. The van der Waals surface area contributed by atoms with Gasteiger partial charge >= 0.3 is 0 Å². The molecule has 2 aromatic carbocycles. The van der Waals surface area contributed by atoms with Crippen molar-refractivity contribution in [2.75, 3.05) is 5.32 Å². The molecule has 0 aliphatic carbocycles. The molecule has 0 spiro atoms. The average Bonchev–Trinajstić information content (AvgIpc) is 2.82. The first-order chi connectivity index (χ1) is 10.6. The molecule has 1 aliphatic heterocycles. The molecule has 3 rings (SSSR count). The van der Waals surface area contributed by atoms with Crippen LogP contribution in [0.25, 0.3) is 0 Å². The van der Waals surface area contributed by atoms with Crippen LogP contribution < -0.4 is 5.32 Å². The first-order valence-corrected chi connectivity index (χ1v) is 7.76. The number of nitrogens with zero attached hydrogens (tertiary/aromatic N) is 1. The van der Waals surface area contributed by atoms with E-state index in [2.05, 4.69) is 26.2 Å². The van der Waals surface area contributed by atoms with Gasteiger partial charge in [0.2, 0.25) is 0 Å². The quantitative estimate of drug-likeness (QED) is 0.796. The number of hydrogen-bond acceptors (Lipinski definition) is 3. The Morgan fingerprint density at radius 2 is 2.00 bits per heavy atom. The Morgan fingerprint density at radius 3 is 2.73 bits per heavy atom. The Balaban J connectivity index is 1.72. The molecule has 1 atom stereocenters. The second kappa shape index (κ2) is 6.18. The van der Waals surface area contributed by atoms with Gasteiger partial charge in [0.05, 0.1) is 17.1 Å². The van der Waals surface area contributed by atoms with Crippen LogP contribution in [0.4, 0.5) is 10.1 Å². The topological polar surface area (TPSA) is 41.5 Å². The fourth-order valence-electron chi connectivity index (χ4n) is 2.26. The van der Waals surface area contributed by atoms with Crippen LogP contribution >= 0.6 is 27.5 Å². The van der Waals surface area contributed by atoms with Crippen molar-refractivity contribution in [3.63, 3.8) is 0 Å². The number of Topliss-reactive ketones (excluding diaryl/α,β-unsaturated/α-hetero) is 1. The molecule has 0 amide bonds. The normalized spacial score (nSPS) is 16.9. The van der Waals surface area contributed by atoms with Crippen LogP contribution in [-0.2, 0) is 6.54 Å². The van der Waals surface area contributed by atoms with Crippen LogP contribution in [0.2, 0.25) is 5.02 Å². The number of halogens is 3. The Bertz CT molecular complexity index is 761. The molecule has 0 radical (unpaired) electrons. The van der Waals surface area contributed by atoms with Gasteiger partial charge in [-0.15, -0.1) is 0 Å². The van der Waals surface area contributed by atoms with Gasteiger partial charge in [-0.25, -0.2) is 4.39 Å². The standard InChI is InChI=1S/C16H11BrClFN2O/c17-11-5-6-12-14(15(11)18)16(22)13(21-12)8-20-7-9-1-3-10(19)4-2-9/h1-6,8,13,21H,7H2. The maximum atomic E-state index is 12.8. The maximum Gasteiger partial charge on any atom is 0.194 e. The smallest absolute Gasteiger partial charge is 0.194 e. The van der Waals surface area contributed by atoms with E-state index in [-0.39, 0.29) is 11.6 Å². The van der Waals surface area contributed by atoms with Crippen molar-refractivity contribution in [2.45, 2.75) is 12.6 Å². The molecule has 1 unspecified atom stereocenters. The number of ketones is 1.